The predicted molar refractivity (Wildman–Crippen MR) is 133 cm³/mol. The number of carbonyl (C=O) groups excluding carboxylic acids is 2. The lowest BCUT2D eigenvalue weighted by Gasteiger charge is -2.25. The van der Waals surface area contributed by atoms with E-state index >= 15 is 0 Å². The van der Waals surface area contributed by atoms with Gasteiger partial charge in [-0.2, -0.15) is 0 Å². The summed E-state index contributed by atoms with van der Waals surface area (Å²) in [6.07, 6.45) is 3.32. The fraction of sp³-hybridized carbons (Fsp3) is 0.172. The standard InChI is InChI=1S/C29H25FN2O3/c1-2-18-7-9-19(10-8-18)26-25(27(33)20-11-13-22(30)14-12-20)28(34)29(35)32(26)16-15-21-17-31-24-6-4-3-5-23(21)24/h3-14,17,26,31,33H,2,15-16H2,1H3/t26-/m1/s1. The van der Waals surface area contributed by atoms with Gasteiger partial charge in [0.2, 0.25) is 0 Å². The summed E-state index contributed by atoms with van der Waals surface area (Å²) in [5, 5.41) is 12.2. The van der Waals surface area contributed by atoms with E-state index in [0.29, 0.717) is 13.0 Å². The molecule has 0 saturated carbocycles. The van der Waals surface area contributed by atoms with Crippen LogP contribution in [-0.2, 0) is 22.4 Å². The number of Topliss-reactive ketones (excluding diaryl/α,β-unsaturated/α-hetero) is 1. The fourth-order valence-electron chi connectivity index (χ4n) is 4.74. The predicted octanol–water partition coefficient (Wildman–Crippen LogP) is 5.53. The van der Waals surface area contributed by atoms with Crippen LogP contribution >= 0.6 is 0 Å². The third-order valence-electron chi connectivity index (χ3n) is 6.66. The Hall–Kier alpha value is -4.19. The van der Waals surface area contributed by atoms with E-state index < -0.39 is 23.5 Å². The Morgan fingerprint density at radius 1 is 1.00 bits per heavy atom. The molecule has 5 nitrogen and oxygen atoms in total. The lowest BCUT2D eigenvalue weighted by molar-refractivity contribution is -0.139. The summed E-state index contributed by atoms with van der Waals surface area (Å²) in [6, 6.07) is 20.1. The highest BCUT2D eigenvalue weighted by atomic mass is 19.1. The maximum atomic E-state index is 13.5. The van der Waals surface area contributed by atoms with Gasteiger partial charge in [0, 0.05) is 29.2 Å². The molecule has 1 fully saturated rings. The minimum absolute atomic E-state index is 0.0183. The number of aromatic amines is 1. The van der Waals surface area contributed by atoms with Crippen LogP contribution in [0.25, 0.3) is 16.7 Å². The largest absolute Gasteiger partial charge is 0.507 e. The van der Waals surface area contributed by atoms with Crippen molar-refractivity contribution < 1.29 is 19.1 Å². The minimum Gasteiger partial charge on any atom is -0.507 e. The summed E-state index contributed by atoms with van der Waals surface area (Å²) in [7, 11) is 0. The van der Waals surface area contributed by atoms with E-state index in [4.69, 9.17) is 0 Å². The van der Waals surface area contributed by atoms with Gasteiger partial charge in [-0.3, -0.25) is 9.59 Å². The van der Waals surface area contributed by atoms with Crippen LogP contribution in [0.2, 0.25) is 0 Å². The lowest BCUT2D eigenvalue weighted by Crippen LogP contribution is -2.31. The molecule has 1 aromatic heterocycles. The van der Waals surface area contributed by atoms with Crippen LogP contribution in [0.1, 0.15) is 35.2 Å². The van der Waals surface area contributed by atoms with E-state index in [0.717, 1.165) is 34.0 Å². The molecular weight excluding hydrogens is 443 g/mol. The summed E-state index contributed by atoms with van der Waals surface area (Å²) >= 11 is 0. The van der Waals surface area contributed by atoms with Crippen molar-refractivity contribution in [2.24, 2.45) is 0 Å². The number of fused-ring (bicyclic) bond motifs is 1. The number of H-pyrrole nitrogens is 1. The second-order valence-electron chi connectivity index (χ2n) is 8.70. The maximum absolute atomic E-state index is 13.5. The number of aromatic nitrogens is 1. The Bertz CT molecular complexity index is 1440. The van der Waals surface area contributed by atoms with Gasteiger partial charge in [-0.05, 0) is 59.9 Å². The smallest absolute Gasteiger partial charge is 0.295 e. The molecule has 0 radical (unpaired) electrons. The van der Waals surface area contributed by atoms with Crippen molar-refractivity contribution in [3.63, 3.8) is 0 Å². The van der Waals surface area contributed by atoms with Gasteiger partial charge in [0.1, 0.15) is 11.6 Å². The number of rotatable bonds is 6. The van der Waals surface area contributed by atoms with Gasteiger partial charge in [0.25, 0.3) is 11.7 Å². The van der Waals surface area contributed by atoms with E-state index in [1.54, 1.807) is 0 Å². The third-order valence-corrected chi connectivity index (χ3v) is 6.66. The van der Waals surface area contributed by atoms with Crippen LogP contribution in [0.3, 0.4) is 0 Å². The second kappa shape index (κ2) is 9.22. The van der Waals surface area contributed by atoms with Gasteiger partial charge in [0.05, 0.1) is 11.6 Å². The van der Waals surface area contributed by atoms with Crippen LogP contribution in [0.15, 0.2) is 84.6 Å². The number of para-hydroxylation sites is 1. The normalized spacial score (nSPS) is 17.4. The highest BCUT2D eigenvalue weighted by Crippen LogP contribution is 2.39. The van der Waals surface area contributed by atoms with Crippen LogP contribution in [-0.4, -0.2) is 33.2 Å². The molecule has 0 bridgehead atoms. The lowest BCUT2D eigenvalue weighted by atomic mass is 9.94. The molecule has 1 aliphatic rings. The van der Waals surface area contributed by atoms with Gasteiger partial charge in [-0.15, -0.1) is 0 Å². The van der Waals surface area contributed by atoms with Crippen molar-refractivity contribution in [3.8, 4) is 0 Å². The van der Waals surface area contributed by atoms with Crippen molar-refractivity contribution in [3.05, 3.63) is 113 Å². The van der Waals surface area contributed by atoms with Crippen molar-refractivity contribution in [2.45, 2.75) is 25.8 Å². The SMILES string of the molecule is CCc1ccc([C@@H]2C(=C(O)c3ccc(F)cc3)C(=O)C(=O)N2CCc2c[nH]c3ccccc23)cc1. The van der Waals surface area contributed by atoms with Crippen molar-refractivity contribution in [1.29, 1.82) is 0 Å². The number of hydrogen-bond acceptors (Lipinski definition) is 3. The first-order valence-corrected chi connectivity index (χ1v) is 11.7. The van der Waals surface area contributed by atoms with Crippen molar-refractivity contribution in [2.75, 3.05) is 6.54 Å². The maximum Gasteiger partial charge on any atom is 0.295 e. The molecule has 0 aliphatic carbocycles. The van der Waals surface area contributed by atoms with Crippen LogP contribution in [0.5, 0.6) is 0 Å². The van der Waals surface area contributed by atoms with Crippen LogP contribution in [0.4, 0.5) is 4.39 Å². The van der Waals surface area contributed by atoms with E-state index in [-0.39, 0.29) is 16.9 Å². The summed E-state index contributed by atoms with van der Waals surface area (Å²) in [4.78, 5) is 31.2. The Balaban J connectivity index is 1.56. The Labute approximate surface area is 202 Å². The topological polar surface area (TPSA) is 73.4 Å². The number of aliphatic hydroxyl groups excluding tert-OH is 1. The quantitative estimate of drug-likeness (QED) is 0.222. The van der Waals surface area contributed by atoms with E-state index in [2.05, 4.69) is 11.9 Å². The van der Waals surface area contributed by atoms with Crippen molar-refractivity contribution in [1.82, 2.24) is 9.88 Å². The zero-order valence-corrected chi connectivity index (χ0v) is 19.3. The highest BCUT2D eigenvalue weighted by molar-refractivity contribution is 6.46. The van der Waals surface area contributed by atoms with Crippen LogP contribution in [0, 0.1) is 5.82 Å². The van der Waals surface area contributed by atoms with Crippen LogP contribution < -0.4 is 0 Å². The molecule has 5 rings (SSSR count). The molecule has 6 heteroatoms. The molecule has 3 aromatic carbocycles. The molecule has 2 heterocycles. The summed E-state index contributed by atoms with van der Waals surface area (Å²) in [5.74, 6) is -2.15. The first-order chi connectivity index (χ1) is 17.0. The molecule has 1 amide bonds. The van der Waals surface area contributed by atoms with Gasteiger partial charge in [0.15, 0.2) is 0 Å². The molecule has 1 aliphatic heterocycles. The number of likely N-dealkylation sites (tertiary alicyclic amines) is 1. The second-order valence-corrected chi connectivity index (χ2v) is 8.70. The number of halogens is 1. The number of nitrogens with zero attached hydrogens (tertiary/aromatic N) is 1. The average molecular weight is 469 g/mol. The number of hydrogen-bond donors (Lipinski definition) is 2. The number of ketones is 1. The Kier molecular flexibility index (Phi) is 5.95. The average Bonchev–Trinajstić information content (AvgIpc) is 3.41. The first kappa shape index (κ1) is 22.6. The van der Waals surface area contributed by atoms with Gasteiger partial charge >= 0.3 is 0 Å². The summed E-state index contributed by atoms with van der Waals surface area (Å²) < 4.78 is 13.5. The number of benzene rings is 3. The van der Waals surface area contributed by atoms with Gasteiger partial charge < -0.3 is 15.0 Å². The molecule has 2 N–H and O–H groups in total. The molecule has 0 spiro atoms. The Morgan fingerprint density at radius 2 is 1.71 bits per heavy atom. The molecule has 176 valence electrons. The third kappa shape index (κ3) is 4.12. The highest BCUT2D eigenvalue weighted by Gasteiger charge is 2.45. The molecule has 35 heavy (non-hydrogen) atoms. The monoisotopic (exact) mass is 468 g/mol. The number of carbonyl (C=O) groups is 2. The molecular formula is C29H25FN2O3. The van der Waals surface area contributed by atoms with E-state index in [1.807, 2.05) is 54.7 Å². The zero-order chi connectivity index (χ0) is 24.5. The molecule has 0 unspecified atom stereocenters. The molecule has 4 aromatic rings. The minimum atomic E-state index is -0.740. The number of aliphatic hydroxyl groups is 1. The van der Waals surface area contributed by atoms with E-state index in [1.165, 1.54) is 29.2 Å². The fourth-order valence-corrected chi connectivity index (χ4v) is 4.74. The van der Waals surface area contributed by atoms with E-state index in [9.17, 15) is 19.1 Å². The summed E-state index contributed by atoms with van der Waals surface area (Å²) in [6.45, 7) is 2.35. The molecule has 1 saturated heterocycles. The Morgan fingerprint density at radius 3 is 2.43 bits per heavy atom. The summed E-state index contributed by atoms with van der Waals surface area (Å²) in [5.41, 5.74) is 4.22. The van der Waals surface area contributed by atoms with Gasteiger partial charge in [-0.25, -0.2) is 4.39 Å². The van der Waals surface area contributed by atoms with Crippen molar-refractivity contribution >= 4 is 28.4 Å². The zero-order valence-electron chi connectivity index (χ0n) is 19.3. The first-order valence-electron chi connectivity index (χ1n) is 11.7. The number of amides is 1. The molecule has 1 atom stereocenters. The number of aryl methyl sites for hydroxylation is 1. The number of nitrogens with one attached hydrogen (secondary N) is 1. The van der Waals surface area contributed by atoms with Gasteiger partial charge in [-0.1, -0.05) is 49.4 Å².